The maximum absolute atomic E-state index is 12.8. The first kappa shape index (κ1) is 9.78. The van der Waals surface area contributed by atoms with Gasteiger partial charge in [0.25, 0.3) is 0 Å². The Bertz CT molecular complexity index is 299. The summed E-state index contributed by atoms with van der Waals surface area (Å²) in [5.41, 5.74) is 0.123. The Morgan fingerprint density at radius 3 is 2.42 bits per heavy atom. The summed E-state index contributed by atoms with van der Waals surface area (Å²) in [7, 11) is 0. The normalized spacial score (nSPS) is 13.1. The number of hydrogen-bond donors (Lipinski definition) is 0. The molecule has 12 heavy (non-hydrogen) atoms. The molecule has 0 aliphatic heterocycles. The highest BCUT2D eigenvalue weighted by Gasteiger charge is 2.15. The van der Waals surface area contributed by atoms with Gasteiger partial charge in [0.05, 0.1) is 5.02 Å². The first-order chi connectivity index (χ1) is 5.54. The van der Waals surface area contributed by atoms with Gasteiger partial charge in [-0.1, -0.05) is 23.2 Å². The second-order valence-electron chi connectivity index (χ2n) is 2.40. The molecule has 1 nitrogen and oxygen atoms in total. The van der Waals surface area contributed by atoms with Crippen molar-refractivity contribution in [1.29, 1.82) is 0 Å². The van der Waals surface area contributed by atoms with E-state index in [9.17, 15) is 9.50 Å². The van der Waals surface area contributed by atoms with Crippen LogP contribution >= 0.6 is 23.2 Å². The van der Waals surface area contributed by atoms with Crippen molar-refractivity contribution in [1.82, 2.24) is 0 Å². The maximum atomic E-state index is 12.8. The van der Waals surface area contributed by atoms with Crippen LogP contribution in [0.1, 0.15) is 18.6 Å². The van der Waals surface area contributed by atoms with Crippen LogP contribution in [0.5, 0.6) is 0 Å². The topological polar surface area (TPSA) is 19.9 Å². The average molecular weight is 208 g/mol. The second-order valence-corrected chi connectivity index (χ2v) is 3.18. The van der Waals surface area contributed by atoms with E-state index in [4.69, 9.17) is 23.2 Å². The zero-order valence-corrected chi connectivity index (χ0v) is 7.79. The van der Waals surface area contributed by atoms with Crippen molar-refractivity contribution in [2.75, 3.05) is 0 Å². The lowest BCUT2D eigenvalue weighted by Gasteiger charge is -2.07. The van der Waals surface area contributed by atoms with Gasteiger partial charge in [0.15, 0.2) is 0 Å². The highest BCUT2D eigenvalue weighted by atomic mass is 35.5. The highest BCUT2D eigenvalue weighted by molar-refractivity contribution is 6.36. The van der Waals surface area contributed by atoms with Crippen molar-refractivity contribution >= 4 is 23.2 Å². The van der Waals surface area contributed by atoms with Crippen LogP contribution in [-0.4, -0.2) is 0 Å². The van der Waals surface area contributed by atoms with Crippen LogP contribution in [0.15, 0.2) is 12.1 Å². The molecule has 1 aromatic rings. The van der Waals surface area contributed by atoms with Crippen LogP contribution in [-0.2, 0) is 5.11 Å². The fourth-order valence-electron chi connectivity index (χ4n) is 0.915. The van der Waals surface area contributed by atoms with Crippen LogP contribution in [0.25, 0.3) is 0 Å². The van der Waals surface area contributed by atoms with Gasteiger partial charge in [-0.3, -0.25) is 0 Å². The number of benzene rings is 1. The maximum Gasteiger partial charge on any atom is 0.142 e. The molecule has 0 aromatic heterocycles. The summed E-state index contributed by atoms with van der Waals surface area (Å²) in [5.74, 6) is -0.612. The average Bonchev–Trinajstić information content (AvgIpc) is 1.97. The standard InChI is InChI=1S/C8H6Cl2FO/c1-4(12)7-5(9)2-3-6(11)8(7)10/h2-4H,1H3. The van der Waals surface area contributed by atoms with E-state index in [0.29, 0.717) is 0 Å². The minimum Gasteiger partial charge on any atom is -0.228 e. The van der Waals surface area contributed by atoms with Crippen LogP contribution in [0.4, 0.5) is 4.39 Å². The molecule has 4 heteroatoms. The lowest BCUT2D eigenvalue weighted by Crippen LogP contribution is -1.94. The molecule has 0 saturated heterocycles. The zero-order valence-electron chi connectivity index (χ0n) is 6.27. The smallest absolute Gasteiger partial charge is 0.142 e. The van der Waals surface area contributed by atoms with E-state index in [2.05, 4.69) is 0 Å². The molecule has 0 saturated carbocycles. The van der Waals surface area contributed by atoms with Crippen LogP contribution in [0.2, 0.25) is 10.0 Å². The van der Waals surface area contributed by atoms with Crippen molar-refractivity contribution in [3.63, 3.8) is 0 Å². The summed E-state index contributed by atoms with van der Waals surface area (Å²) in [5, 5.41) is 11.0. The van der Waals surface area contributed by atoms with E-state index in [-0.39, 0.29) is 15.6 Å². The first-order valence-corrected chi connectivity index (χ1v) is 4.09. The molecule has 0 aliphatic carbocycles. The molecular formula is C8H6Cl2FO. The van der Waals surface area contributed by atoms with Gasteiger partial charge in [-0.15, -0.1) is 0 Å². The first-order valence-electron chi connectivity index (χ1n) is 3.33. The predicted molar refractivity (Wildman–Crippen MR) is 45.5 cm³/mol. The number of halogens is 3. The summed E-state index contributed by atoms with van der Waals surface area (Å²) in [4.78, 5) is 0. The summed E-state index contributed by atoms with van der Waals surface area (Å²) < 4.78 is 12.8. The van der Waals surface area contributed by atoms with E-state index >= 15 is 0 Å². The van der Waals surface area contributed by atoms with Crippen molar-refractivity contribution in [2.24, 2.45) is 0 Å². The van der Waals surface area contributed by atoms with E-state index in [1.54, 1.807) is 0 Å². The van der Waals surface area contributed by atoms with Gasteiger partial charge in [-0.05, 0) is 19.1 Å². The van der Waals surface area contributed by atoms with E-state index in [0.717, 1.165) is 6.07 Å². The largest absolute Gasteiger partial charge is 0.228 e. The van der Waals surface area contributed by atoms with Crippen molar-refractivity contribution in [2.45, 2.75) is 13.0 Å². The van der Waals surface area contributed by atoms with Crippen molar-refractivity contribution in [3.05, 3.63) is 33.6 Å². The number of hydrogen-bond acceptors (Lipinski definition) is 0. The fraction of sp³-hybridized carbons (Fsp3) is 0.250. The fourth-order valence-corrected chi connectivity index (χ4v) is 1.59. The summed E-state index contributed by atoms with van der Waals surface area (Å²) in [6.45, 7) is 1.37. The van der Waals surface area contributed by atoms with Crippen LogP contribution in [0.3, 0.4) is 0 Å². The van der Waals surface area contributed by atoms with Gasteiger partial charge in [0.1, 0.15) is 11.9 Å². The Morgan fingerprint density at radius 2 is 2.00 bits per heavy atom. The van der Waals surface area contributed by atoms with E-state index in [1.165, 1.54) is 13.0 Å². The minimum absolute atomic E-state index is 0.123. The highest BCUT2D eigenvalue weighted by Crippen LogP contribution is 2.32. The molecule has 1 radical (unpaired) electrons. The third-order valence-corrected chi connectivity index (χ3v) is 2.20. The molecule has 65 valence electrons. The van der Waals surface area contributed by atoms with Gasteiger partial charge < -0.3 is 0 Å². The summed E-state index contributed by atoms with van der Waals surface area (Å²) in [6, 6.07) is 2.46. The molecular weight excluding hydrogens is 202 g/mol. The molecule has 0 heterocycles. The zero-order chi connectivity index (χ0) is 9.30. The van der Waals surface area contributed by atoms with Crippen molar-refractivity contribution in [3.8, 4) is 0 Å². The third-order valence-electron chi connectivity index (χ3n) is 1.49. The Balaban J connectivity index is 3.33. The molecule has 0 N–H and O–H groups in total. The van der Waals surface area contributed by atoms with Gasteiger partial charge >= 0.3 is 0 Å². The molecule has 0 spiro atoms. The van der Waals surface area contributed by atoms with Gasteiger partial charge in [-0.2, -0.15) is 0 Å². The van der Waals surface area contributed by atoms with Gasteiger partial charge in [-0.25, -0.2) is 9.50 Å². The number of rotatable bonds is 1. The Kier molecular flexibility index (Phi) is 2.94. The van der Waals surface area contributed by atoms with Crippen molar-refractivity contribution < 1.29 is 9.50 Å². The lowest BCUT2D eigenvalue weighted by molar-refractivity contribution is 0.106. The van der Waals surface area contributed by atoms with Crippen LogP contribution in [0, 0.1) is 5.82 Å². The predicted octanol–water partition coefficient (Wildman–Crippen LogP) is 3.62. The van der Waals surface area contributed by atoms with E-state index < -0.39 is 11.9 Å². The Morgan fingerprint density at radius 1 is 1.42 bits per heavy atom. The minimum atomic E-state index is -1.11. The monoisotopic (exact) mass is 207 g/mol. The van der Waals surface area contributed by atoms with Gasteiger partial charge in [0, 0.05) is 10.6 Å². The van der Waals surface area contributed by atoms with E-state index in [1.807, 2.05) is 0 Å². The van der Waals surface area contributed by atoms with Gasteiger partial charge in [0.2, 0.25) is 0 Å². The second kappa shape index (κ2) is 3.60. The Labute approximate surface area is 79.7 Å². The van der Waals surface area contributed by atoms with Crippen LogP contribution < -0.4 is 0 Å². The molecule has 0 fully saturated rings. The SMILES string of the molecule is CC([O])c1c(Cl)ccc(F)c1Cl. The molecule has 1 rings (SSSR count). The molecule has 0 amide bonds. The molecule has 0 aliphatic rings. The Hall–Kier alpha value is -0.310. The lowest BCUT2D eigenvalue weighted by atomic mass is 10.1. The molecule has 0 bridgehead atoms. The summed E-state index contributed by atoms with van der Waals surface area (Å²) in [6.07, 6.45) is -1.11. The molecule has 1 aromatic carbocycles. The summed E-state index contributed by atoms with van der Waals surface area (Å²) >= 11 is 11.2. The third kappa shape index (κ3) is 1.71. The quantitative estimate of drug-likeness (QED) is 0.628. The molecule has 1 atom stereocenters. The molecule has 1 unspecified atom stereocenters.